The van der Waals surface area contributed by atoms with Crippen LogP contribution >= 0.6 is 12.4 Å². The zero-order valence-corrected chi connectivity index (χ0v) is 18.7. The summed E-state index contributed by atoms with van der Waals surface area (Å²) in [6.45, 7) is 1.61. The van der Waals surface area contributed by atoms with E-state index in [4.69, 9.17) is 11.1 Å². The fourth-order valence-electron chi connectivity index (χ4n) is 3.39. The Morgan fingerprint density at radius 3 is 2.21 bits per heavy atom. The van der Waals surface area contributed by atoms with Crippen molar-refractivity contribution in [2.45, 2.75) is 19.4 Å². The van der Waals surface area contributed by atoms with Crippen LogP contribution in [-0.4, -0.2) is 23.8 Å². The quantitative estimate of drug-likeness (QED) is 0.198. The summed E-state index contributed by atoms with van der Waals surface area (Å²) in [4.78, 5) is 24.4. The second-order valence-electron chi connectivity index (χ2n) is 7.53. The van der Waals surface area contributed by atoms with Crippen LogP contribution in [-0.2, 0) is 11.2 Å². The van der Waals surface area contributed by atoms with Crippen LogP contribution in [0.15, 0.2) is 73.1 Å². The molecule has 0 saturated heterocycles. The molecule has 1 heterocycles. The summed E-state index contributed by atoms with van der Waals surface area (Å²) in [7, 11) is 0. The number of hydrogen-bond acceptors (Lipinski definition) is 5. The van der Waals surface area contributed by atoms with Crippen LogP contribution < -0.4 is 20.9 Å². The van der Waals surface area contributed by atoms with E-state index in [0.717, 1.165) is 11.1 Å². The average Bonchev–Trinajstić information content (AvgIpc) is 2.78. The maximum atomic E-state index is 12.7. The molecule has 0 fully saturated rings. The van der Waals surface area contributed by atoms with Gasteiger partial charge >= 0.3 is 0 Å². The lowest BCUT2D eigenvalue weighted by atomic mass is 9.92. The number of aromatic nitrogens is 1. The number of halogens is 1. The second kappa shape index (κ2) is 11.1. The van der Waals surface area contributed by atoms with Gasteiger partial charge in [0.05, 0.1) is 0 Å². The molecule has 2 aromatic carbocycles. The zero-order valence-electron chi connectivity index (χ0n) is 17.9. The lowest BCUT2D eigenvalue weighted by Gasteiger charge is -2.26. The minimum Gasteiger partial charge on any atom is -0.619 e. The monoisotopic (exact) mass is 467 g/mol. The van der Waals surface area contributed by atoms with Crippen LogP contribution in [0, 0.1) is 16.5 Å². The molecular weight excluding hydrogens is 444 g/mol. The summed E-state index contributed by atoms with van der Waals surface area (Å²) in [6, 6.07) is 16.2. The Bertz CT molecular complexity index is 1130. The first-order valence-corrected chi connectivity index (χ1v) is 9.99. The van der Waals surface area contributed by atoms with Crippen molar-refractivity contribution in [2.24, 2.45) is 11.7 Å². The number of rotatable bonds is 8. The van der Waals surface area contributed by atoms with Gasteiger partial charge < -0.3 is 26.2 Å². The van der Waals surface area contributed by atoms with E-state index < -0.39 is 23.8 Å². The number of amidine groups is 1. The fourth-order valence-corrected chi connectivity index (χ4v) is 3.39. The number of carboxylic acid groups (broad SMARTS) is 1. The number of carbonyl (C=O) groups is 2. The third-order valence-corrected chi connectivity index (χ3v) is 5.24. The Morgan fingerprint density at radius 1 is 1.03 bits per heavy atom. The summed E-state index contributed by atoms with van der Waals surface area (Å²) < 4.78 is 0.691. The molecule has 172 valence electrons. The van der Waals surface area contributed by atoms with Gasteiger partial charge in [-0.1, -0.05) is 30.3 Å². The van der Waals surface area contributed by atoms with E-state index in [2.05, 4.69) is 5.32 Å². The van der Waals surface area contributed by atoms with Crippen molar-refractivity contribution in [1.29, 1.82) is 5.41 Å². The molecule has 9 heteroatoms. The van der Waals surface area contributed by atoms with Gasteiger partial charge in [0.2, 0.25) is 0 Å². The Hall–Kier alpha value is -3.91. The van der Waals surface area contributed by atoms with Crippen molar-refractivity contribution in [3.05, 3.63) is 95.0 Å². The van der Waals surface area contributed by atoms with Crippen LogP contribution in [0.5, 0.6) is 0 Å². The SMILES string of the molecule is C[C@@H](NC(=O)c1ccc(-c2cc[n+]([O-])cc2)cc1)[C@@H](Cc1cccc(C(=N)N)c1)C(=O)[O-].Cl. The molecule has 0 aliphatic heterocycles. The summed E-state index contributed by atoms with van der Waals surface area (Å²) in [5.74, 6) is -2.76. The van der Waals surface area contributed by atoms with Gasteiger partial charge in [0.1, 0.15) is 5.84 Å². The minimum atomic E-state index is -1.28. The highest BCUT2D eigenvalue weighted by molar-refractivity contribution is 5.95. The van der Waals surface area contributed by atoms with Crippen molar-refractivity contribution in [2.75, 3.05) is 0 Å². The van der Waals surface area contributed by atoms with Crippen molar-refractivity contribution >= 4 is 30.1 Å². The molecule has 0 bridgehead atoms. The van der Waals surface area contributed by atoms with Gasteiger partial charge in [0.25, 0.3) is 5.91 Å². The van der Waals surface area contributed by atoms with Gasteiger partial charge in [-0.25, -0.2) is 0 Å². The first kappa shape index (κ1) is 25.4. The molecular formula is C24H24ClN4O4-. The highest BCUT2D eigenvalue weighted by Gasteiger charge is 2.22. The topological polar surface area (TPSA) is 146 Å². The molecule has 0 aliphatic rings. The number of benzene rings is 2. The van der Waals surface area contributed by atoms with Crippen LogP contribution in [0.4, 0.5) is 0 Å². The van der Waals surface area contributed by atoms with E-state index in [0.29, 0.717) is 21.4 Å². The molecule has 33 heavy (non-hydrogen) atoms. The second-order valence-corrected chi connectivity index (χ2v) is 7.53. The van der Waals surface area contributed by atoms with Crippen LogP contribution in [0.25, 0.3) is 11.1 Å². The van der Waals surface area contributed by atoms with Crippen LogP contribution in [0.1, 0.15) is 28.4 Å². The number of nitrogens with two attached hydrogens (primary N) is 1. The van der Waals surface area contributed by atoms with Gasteiger partial charge in [-0.3, -0.25) is 10.2 Å². The molecule has 3 aromatic rings. The highest BCUT2D eigenvalue weighted by Crippen LogP contribution is 2.19. The minimum absolute atomic E-state index is 0. The molecule has 1 aromatic heterocycles. The Balaban J connectivity index is 0.00000385. The van der Waals surface area contributed by atoms with E-state index in [-0.39, 0.29) is 24.7 Å². The number of carboxylic acids is 1. The number of aliphatic carboxylic acids is 1. The standard InChI is InChI=1S/C24H24N4O4.ClH/c1-15(21(24(30)31)14-16-3-2-4-20(13-16)22(25)26)27-23(29)19-7-5-17(6-8-19)18-9-11-28(32)12-10-18;/h2-13,15,21H,14H2,1H3,(H3,25,26)(H,27,29)(H,30,31);1H/p-1/t15-,21-;/m1./s1. The molecule has 4 N–H and O–H groups in total. The summed E-state index contributed by atoms with van der Waals surface area (Å²) in [6.07, 6.45) is 2.91. The normalized spacial score (nSPS) is 12.2. The molecule has 1 amide bonds. The molecule has 3 rings (SSSR count). The summed E-state index contributed by atoms with van der Waals surface area (Å²) in [5, 5.41) is 33.2. The number of nitrogen functional groups attached to an aromatic ring is 1. The largest absolute Gasteiger partial charge is 0.619 e. The summed E-state index contributed by atoms with van der Waals surface area (Å²) >= 11 is 0. The number of carbonyl (C=O) groups excluding carboxylic acids is 2. The van der Waals surface area contributed by atoms with Gasteiger partial charge in [-0.2, -0.15) is 4.73 Å². The van der Waals surface area contributed by atoms with Crippen LogP contribution in [0.3, 0.4) is 0 Å². The number of hydrogen-bond donors (Lipinski definition) is 3. The highest BCUT2D eigenvalue weighted by atomic mass is 35.5. The Morgan fingerprint density at radius 2 is 1.64 bits per heavy atom. The van der Waals surface area contributed by atoms with Gasteiger partial charge in [0.15, 0.2) is 12.4 Å². The van der Waals surface area contributed by atoms with E-state index >= 15 is 0 Å². The molecule has 0 saturated carbocycles. The lowest BCUT2D eigenvalue weighted by Crippen LogP contribution is -2.47. The first-order chi connectivity index (χ1) is 15.2. The van der Waals surface area contributed by atoms with Gasteiger partial charge in [0, 0.05) is 41.2 Å². The van der Waals surface area contributed by atoms with Crippen molar-refractivity contribution in [3.8, 4) is 11.1 Å². The third kappa shape index (κ3) is 6.54. The van der Waals surface area contributed by atoms with E-state index in [1.165, 1.54) is 12.4 Å². The maximum absolute atomic E-state index is 12.7. The van der Waals surface area contributed by atoms with Crippen molar-refractivity contribution in [1.82, 2.24) is 5.32 Å². The van der Waals surface area contributed by atoms with E-state index in [1.54, 1.807) is 67.6 Å². The number of amides is 1. The Kier molecular flexibility index (Phi) is 8.53. The molecule has 0 radical (unpaired) electrons. The van der Waals surface area contributed by atoms with E-state index in [1.807, 2.05) is 0 Å². The third-order valence-electron chi connectivity index (χ3n) is 5.24. The number of pyridine rings is 1. The number of nitrogens with one attached hydrogen (secondary N) is 2. The Labute approximate surface area is 197 Å². The first-order valence-electron chi connectivity index (χ1n) is 9.99. The van der Waals surface area contributed by atoms with Crippen molar-refractivity contribution < 1.29 is 19.4 Å². The van der Waals surface area contributed by atoms with Gasteiger partial charge in [-0.15, -0.1) is 12.4 Å². The average molecular weight is 468 g/mol. The number of nitrogens with zero attached hydrogens (tertiary/aromatic N) is 1. The van der Waals surface area contributed by atoms with Gasteiger partial charge in [-0.05, 0) is 48.2 Å². The van der Waals surface area contributed by atoms with Crippen molar-refractivity contribution in [3.63, 3.8) is 0 Å². The summed E-state index contributed by atoms with van der Waals surface area (Å²) in [5.41, 5.74) is 8.74. The molecule has 8 nitrogen and oxygen atoms in total. The fraction of sp³-hybridized carbons (Fsp3) is 0.167. The lowest BCUT2D eigenvalue weighted by molar-refractivity contribution is -0.605. The molecule has 2 atom stereocenters. The zero-order chi connectivity index (χ0) is 23.3. The van der Waals surface area contributed by atoms with E-state index in [9.17, 15) is 19.9 Å². The molecule has 0 aliphatic carbocycles. The predicted octanol–water partition coefficient (Wildman–Crippen LogP) is 1.42. The molecule has 0 unspecified atom stereocenters. The predicted molar refractivity (Wildman–Crippen MR) is 125 cm³/mol. The molecule has 0 spiro atoms. The smallest absolute Gasteiger partial charge is 0.251 e. The maximum Gasteiger partial charge on any atom is 0.251 e. The van der Waals surface area contributed by atoms with Crippen LogP contribution in [0.2, 0.25) is 0 Å².